The molecule has 9 heteroatoms. The Bertz CT molecular complexity index is 528. The molecule has 19 heavy (non-hydrogen) atoms. The Morgan fingerprint density at radius 3 is 2.53 bits per heavy atom. The second-order valence-corrected chi connectivity index (χ2v) is 5.77. The van der Waals surface area contributed by atoms with Crippen molar-refractivity contribution in [2.24, 2.45) is 0 Å². The minimum absolute atomic E-state index is 0.0238. The first kappa shape index (κ1) is 16.0. The summed E-state index contributed by atoms with van der Waals surface area (Å²) in [6.07, 6.45) is -2.73. The summed E-state index contributed by atoms with van der Waals surface area (Å²) in [6, 6.07) is 0. The van der Waals surface area contributed by atoms with Crippen molar-refractivity contribution in [2.75, 3.05) is 20.1 Å². The van der Waals surface area contributed by atoms with Crippen molar-refractivity contribution in [3.05, 3.63) is 11.4 Å². The molecule has 0 aromatic carbocycles. The first-order valence-electron chi connectivity index (χ1n) is 5.76. The molecule has 0 radical (unpaired) electrons. The molecule has 0 aliphatic carbocycles. The number of nitrogens with zero attached hydrogens (tertiary/aromatic N) is 2. The van der Waals surface area contributed by atoms with Gasteiger partial charge in [0.05, 0.1) is 24.5 Å². The number of halogens is 2. The molecule has 0 unspecified atom stereocenters. The molecule has 1 aromatic heterocycles. The first-order chi connectivity index (χ1) is 8.79. The van der Waals surface area contributed by atoms with Gasteiger partial charge in [0, 0.05) is 6.54 Å². The van der Waals surface area contributed by atoms with Gasteiger partial charge in [-0.05, 0) is 20.9 Å². The molecule has 1 heterocycles. The van der Waals surface area contributed by atoms with Gasteiger partial charge in [-0.15, -0.1) is 0 Å². The lowest BCUT2D eigenvalue weighted by Crippen LogP contribution is -2.29. The summed E-state index contributed by atoms with van der Waals surface area (Å²) in [4.78, 5) is -0.0238. The van der Waals surface area contributed by atoms with Crippen molar-refractivity contribution in [1.82, 2.24) is 19.8 Å². The van der Waals surface area contributed by atoms with E-state index in [1.54, 1.807) is 25.6 Å². The standard InChI is InChI=1S/C10H18F2N4O2S/c1-7-10(19(17,18)14-6-9(11)12)8(2)16(15-7)5-4-13-3/h9,13-14H,4-6H2,1-3H3. The van der Waals surface area contributed by atoms with Gasteiger partial charge in [-0.2, -0.15) is 5.10 Å². The SMILES string of the molecule is CNCCn1nc(C)c(S(=O)(=O)NCC(F)F)c1C. The second-order valence-electron chi connectivity index (χ2n) is 4.07. The van der Waals surface area contributed by atoms with E-state index in [1.165, 1.54) is 0 Å². The summed E-state index contributed by atoms with van der Waals surface area (Å²) < 4.78 is 51.5. The molecule has 0 aliphatic heterocycles. The number of hydrogen-bond acceptors (Lipinski definition) is 4. The smallest absolute Gasteiger partial charge is 0.251 e. The number of sulfonamides is 1. The fourth-order valence-electron chi connectivity index (χ4n) is 1.75. The van der Waals surface area contributed by atoms with Gasteiger partial charge in [0.1, 0.15) is 4.90 Å². The van der Waals surface area contributed by atoms with Crippen LogP contribution in [0.1, 0.15) is 11.4 Å². The van der Waals surface area contributed by atoms with Crippen LogP contribution < -0.4 is 10.0 Å². The first-order valence-corrected chi connectivity index (χ1v) is 7.24. The zero-order chi connectivity index (χ0) is 14.6. The third kappa shape index (κ3) is 3.95. The van der Waals surface area contributed by atoms with Gasteiger partial charge in [0.25, 0.3) is 6.43 Å². The molecule has 6 nitrogen and oxygen atoms in total. The third-order valence-electron chi connectivity index (χ3n) is 2.59. The summed E-state index contributed by atoms with van der Waals surface area (Å²) in [5, 5.41) is 7.04. The predicted octanol–water partition coefficient (Wildman–Crippen LogP) is 0.263. The van der Waals surface area contributed by atoms with Crippen LogP contribution in [0.2, 0.25) is 0 Å². The Morgan fingerprint density at radius 2 is 2.00 bits per heavy atom. The van der Waals surface area contributed by atoms with E-state index in [0.717, 1.165) is 0 Å². The lowest BCUT2D eigenvalue weighted by Gasteiger charge is -2.07. The average molecular weight is 296 g/mol. The molecule has 0 atom stereocenters. The Morgan fingerprint density at radius 1 is 1.37 bits per heavy atom. The molecule has 0 fully saturated rings. The summed E-state index contributed by atoms with van der Waals surface area (Å²) in [5.74, 6) is 0. The van der Waals surface area contributed by atoms with Crippen molar-refractivity contribution in [3.8, 4) is 0 Å². The van der Waals surface area contributed by atoms with Gasteiger partial charge in [-0.25, -0.2) is 21.9 Å². The molecule has 1 aromatic rings. The molecule has 0 saturated heterocycles. The lowest BCUT2D eigenvalue weighted by atomic mass is 10.4. The highest BCUT2D eigenvalue weighted by atomic mass is 32.2. The molecule has 0 spiro atoms. The predicted molar refractivity (Wildman–Crippen MR) is 66.8 cm³/mol. The van der Waals surface area contributed by atoms with Crippen LogP contribution in [0.25, 0.3) is 0 Å². The number of likely N-dealkylation sites (N-methyl/N-ethyl adjacent to an activating group) is 1. The molecule has 0 amide bonds. The third-order valence-corrected chi connectivity index (χ3v) is 4.26. The number of alkyl halides is 2. The summed E-state index contributed by atoms with van der Waals surface area (Å²) >= 11 is 0. The van der Waals surface area contributed by atoms with Crippen LogP contribution in [0.5, 0.6) is 0 Å². The molecule has 0 bridgehead atoms. The van der Waals surface area contributed by atoms with Crippen molar-refractivity contribution < 1.29 is 17.2 Å². The Hall–Kier alpha value is -1.06. The fourth-order valence-corrected chi connectivity index (χ4v) is 3.16. The maximum absolute atomic E-state index is 12.1. The monoisotopic (exact) mass is 296 g/mol. The normalized spacial score (nSPS) is 12.3. The van der Waals surface area contributed by atoms with Crippen molar-refractivity contribution in [3.63, 3.8) is 0 Å². The second kappa shape index (κ2) is 6.40. The Kier molecular flexibility index (Phi) is 5.39. The molecule has 1 rings (SSSR count). The van der Waals surface area contributed by atoms with E-state index in [1.807, 2.05) is 4.72 Å². The molecular weight excluding hydrogens is 278 g/mol. The van der Waals surface area contributed by atoms with Gasteiger partial charge in [0.2, 0.25) is 10.0 Å². The van der Waals surface area contributed by atoms with Crippen molar-refractivity contribution >= 4 is 10.0 Å². The maximum atomic E-state index is 12.1. The van der Waals surface area contributed by atoms with E-state index >= 15 is 0 Å². The van der Waals surface area contributed by atoms with E-state index in [0.29, 0.717) is 24.5 Å². The van der Waals surface area contributed by atoms with E-state index in [-0.39, 0.29) is 4.90 Å². The molecule has 110 valence electrons. The van der Waals surface area contributed by atoms with E-state index in [2.05, 4.69) is 10.4 Å². The topological polar surface area (TPSA) is 76.0 Å². The largest absolute Gasteiger partial charge is 0.318 e. The van der Waals surface area contributed by atoms with Gasteiger partial charge in [-0.1, -0.05) is 0 Å². The number of nitrogens with one attached hydrogen (secondary N) is 2. The van der Waals surface area contributed by atoms with Crippen LogP contribution in [-0.2, 0) is 16.6 Å². The van der Waals surface area contributed by atoms with E-state index < -0.39 is 23.0 Å². The number of rotatable bonds is 7. The molecular formula is C10H18F2N4O2S. The molecule has 2 N–H and O–H groups in total. The summed E-state index contributed by atoms with van der Waals surface area (Å²) in [5.41, 5.74) is 0.741. The zero-order valence-electron chi connectivity index (χ0n) is 11.1. The van der Waals surface area contributed by atoms with Crippen LogP contribution in [0.4, 0.5) is 8.78 Å². The maximum Gasteiger partial charge on any atom is 0.251 e. The van der Waals surface area contributed by atoms with Gasteiger partial charge < -0.3 is 5.32 Å². The minimum Gasteiger partial charge on any atom is -0.318 e. The highest BCUT2D eigenvalue weighted by Crippen LogP contribution is 2.19. The summed E-state index contributed by atoms with van der Waals surface area (Å²) in [7, 11) is -2.18. The lowest BCUT2D eigenvalue weighted by molar-refractivity contribution is 0.153. The fraction of sp³-hybridized carbons (Fsp3) is 0.700. The van der Waals surface area contributed by atoms with Gasteiger partial charge in [-0.3, -0.25) is 4.68 Å². The van der Waals surface area contributed by atoms with Crippen LogP contribution in [0.3, 0.4) is 0 Å². The van der Waals surface area contributed by atoms with Crippen LogP contribution >= 0.6 is 0 Å². The average Bonchev–Trinajstić information content (AvgIpc) is 2.60. The Balaban J connectivity index is 3.03. The Labute approximate surface area is 111 Å². The van der Waals surface area contributed by atoms with Crippen LogP contribution in [0, 0.1) is 13.8 Å². The van der Waals surface area contributed by atoms with E-state index in [4.69, 9.17) is 0 Å². The van der Waals surface area contributed by atoms with Gasteiger partial charge >= 0.3 is 0 Å². The minimum atomic E-state index is -3.95. The summed E-state index contributed by atoms with van der Waals surface area (Å²) in [6.45, 7) is 3.38. The van der Waals surface area contributed by atoms with E-state index in [9.17, 15) is 17.2 Å². The number of aromatic nitrogens is 2. The van der Waals surface area contributed by atoms with Crippen molar-refractivity contribution in [2.45, 2.75) is 31.7 Å². The molecule has 0 saturated carbocycles. The number of aryl methyl sites for hydroxylation is 1. The van der Waals surface area contributed by atoms with Gasteiger partial charge in [0.15, 0.2) is 0 Å². The highest BCUT2D eigenvalue weighted by molar-refractivity contribution is 7.89. The quantitative estimate of drug-likeness (QED) is 0.757. The number of hydrogen-bond donors (Lipinski definition) is 2. The highest BCUT2D eigenvalue weighted by Gasteiger charge is 2.25. The zero-order valence-corrected chi connectivity index (χ0v) is 11.9. The molecule has 0 aliphatic rings. The van der Waals surface area contributed by atoms with Crippen molar-refractivity contribution in [1.29, 1.82) is 0 Å². The van der Waals surface area contributed by atoms with Crippen LogP contribution in [0.15, 0.2) is 4.90 Å². The van der Waals surface area contributed by atoms with Crippen LogP contribution in [-0.4, -0.2) is 44.8 Å².